The minimum atomic E-state index is -1.48. The van der Waals surface area contributed by atoms with E-state index in [-0.39, 0.29) is 4.49 Å². The molecule has 0 aliphatic heterocycles. The maximum Gasteiger partial charge on any atom is 0.316 e. The molecule has 1 aliphatic rings. The molecule has 0 heterocycles. The van der Waals surface area contributed by atoms with Gasteiger partial charge in [0.05, 0.1) is 5.92 Å². The fourth-order valence-electron chi connectivity index (χ4n) is 5.15. The van der Waals surface area contributed by atoms with Crippen molar-refractivity contribution in [3.8, 4) is 17.6 Å². The molecular weight excluding hydrogens is 467 g/mol. The van der Waals surface area contributed by atoms with E-state index in [9.17, 15) is 9.90 Å². The number of carboxylic acids is 1. The molecule has 3 nitrogen and oxygen atoms in total. The molecule has 0 bridgehead atoms. The summed E-state index contributed by atoms with van der Waals surface area (Å²) >= 11 is 12.3. The molecule has 0 saturated heterocycles. The van der Waals surface area contributed by atoms with Crippen LogP contribution in [-0.4, -0.2) is 16.7 Å². The average Bonchev–Trinajstić information content (AvgIpc) is 3.23. The van der Waals surface area contributed by atoms with Crippen LogP contribution >= 0.6 is 23.2 Å². The summed E-state index contributed by atoms with van der Waals surface area (Å²) in [6.45, 7) is 3.72. The Morgan fingerprint density at radius 3 is 1.97 bits per heavy atom. The van der Waals surface area contributed by atoms with E-state index < -0.39 is 28.3 Å². The minimum absolute atomic E-state index is 0.0602. The van der Waals surface area contributed by atoms with Crippen molar-refractivity contribution in [2.24, 2.45) is 10.8 Å². The van der Waals surface area contributed by atoms with E-state index in [4.69, 9.17) is 27.9 Å². The normalized spacial score (nSPS) is 23.1. The second kappa shape index (κ2) is 9.22. The number of para-hydroxylation sites is 1. The van der Waals surface area contributed by atoms with Gasteiger partial charge in [0.25, 0.3) is 0 Å². The molecule has 1 fully saturated rings. The molecule has 172 valence electrons. The highest BCUT2D eigenvalue weighted by atomic mass is 35.5. The Bertz CT molecular complexity index is 1260. The Morgan fingerprint density at radius 2 is 1.44 bits per heavy atom. The Kier molecular flexibility index (Phi) is 6.49. The summed E-state index contributed by atoms with van der Waals surface area (Å²) in [5.74, 6) is 5.24. The SMILES string of the molecule is CC1(C)C(C=C(Cl)Cl)(Oc2ccccc2)C1(C(=O)O)C(C#Cc1ccccc1)c1ccccc1. The molecule has 1 N–H and O–H groups in total. The quantitative estimate of drug-likeness (QED) is 0.375. The van der Waals surface area contributed by atoms with E-state index in [1.807, 2.05) is 92.7 Å². The summed E-state index contributed by atoms with van der Waals surface area (Å²) in [6.07, 6.45) is 1.51. The number of hydrogen-bond donors (Lipinski definition) is 1. The van der Waals surface area contributed by atoms with Crippen molar-refractivity contribution in [1.29, 1.82) is 0 Å². The van der Waals surface area contributed by atoms with Crippen LogP contribution in [0.4, 0.5) is 0 Å². The number of aliphatic carboxylic acids is 1. The van der Waals surface area contributed by atoms with Crippen LogP contribution in [-0.2, 0) is 4.79 Å². The topological polar surface area (TPSA) is 46.5 Å². The molecule has 0 spiro atoms. The van der Waals surface area contributed by atoms with Gasteiger partial charge in [0.1, 0.15) is 15.7 Å². The molecule has 4 rings (SSSR count). The van der Waals surface area contributed by atoms with E-state index in [0.717, 1.165) is 11.1 Å². The van der Waals surface area contributed by atoms with Gasteiger partial charge in [0.2, 0.25) is 0 Å². The molecular formula is C29H24Cl2O3. The highest BCUT2D eigenvalue weighted by molar-refractivity contribution is 6.56. The molecule has 0 aromatic heterocycles. The minimum Gasteiger partial charge on any atom is -0.481 e. The maximum absolute atomic E-state index is 13.2. The maximum atomic E-state index is 13.2. The summed E-state index contributed by atoms with van der Waals surface area (Å²) in [5, 5.41) is 10.8. The Morgan fingerprint density at radius 1 is 0.912 bits per heavy atom. The van der Waals surface area contributed by atoms with Crippen molar-refractivity contribution in [2.75, 3.05) is 0 Å². The fraction of sp³-hybridized carbons (Fsp3) is 0.207. The molecule has 1 saturated carbocycles. The summed E-state index contributed by atoms with van der Waals surface area (Å²) < 4.78 is 6.42. The Balaban J connectivity index is 1.96. The van der Waals surface area contributed by atoms with Gasteiger partial charge in [0.15, 0.2) is 5.60 Å². The van der Waals surface area contributed by atoms with Crippen LogP contribution in [0.5, 0.6) is 5.75 Å². The average molecular weight is 491 g/mol. The predicted octanol–water partition coefficient (Wildman–Crippen LogP) is 7.07. The number of carbonyl (C=O) groups is 1. The van der Waals surface area contributed by atoms with Gasteiger partial charge in [-0.3, -0.25) is 4.79 Å². The van der Waals surface area contributed by atoms with Crippen molar-refractivity contribution in [3.63, 3.8) is 0 Å². The first-order chi connectivity index (χ1) is 16.3. The number of rotatable bonds is 6. The van der Waals surface area contributed by atoms with Gasteiger partial charge in [0, 0.05) is 11.0 Å². The lowest BCUT2D eigenvalue weighted by molar-refractivity contribution is -0.146. The van der Waals surface area contributed by atoms with Gasteiger partial charge in [-0.1, -0.05) is 116 Å². The van der Waals surface area contributed by atoms with Gasteiger partial charge in [-0.25, -0.2) is 0 Å². The zero-order valence-corrected chi connectivity index (χ0v) is 20.3. The molecule has 3 unspecified atom stereocenters. The third-order valence-corrected chi connectivity index (χ3v) is 7.03. The molecule has 3 aromatic carbocycles. The number of halogens is 2. The first kappa shape index (κ1) is 24.0. The molecule has 3 atom stereocenters. The molecule has 0 amide bonds. The third-order valence-electron chi connectivity index (χ3n) is 6.81. The van der Waals surface area contributed by atoms with Crippen LogP contribution in [0.1, 0.15) is 30.9 Å². The molecule has 1 aliphatic carbocycles. The summed E-state index contributed by atoms with van der Waals surface area (Å²) in [4.78, 5) is 13.2. The number of benzene rings is 3. The lowest BCUT2D eigenvalue weighted by Crippen LogP contribution is -2.36. The van der Waals surface area contributed by atoms with Crippen LogP contribution in [0.3, 0.4) is 0 Å². The zero-order chi connectivity index (χ0) is 24.4. The fourth-order valence-corrected chi connectivity index (χ4v) is 5.46. The summed E-state index contributed by atoms with van der Waals surface area (Å²) in [5.41, 5.74) is -2.17. The lowest BCUT2D eigenvalue weighted by Gasteiger charge is -2.26. The number of ether oxygens (including phenoxy) is 1. The van der Waals surface area contributed by atoms with Crippen LogP contribution in [0, 0.1) is 22.7 Å². The Hall–Kier alpha value is -3.19. The molecule has 3 aromatic rings. The largest absolute Gasteiger partial charge is 0.481 e. The monoisotopic (exact) mass is 490 g/mol. The van der Waals surface area contributed by atoms with E-state index in [1.54, 1.807) is 12.1 Å². The zero-order valence-electron chi connectivity index (χ0n) is 18.8. The third kappa shape index (κ3) is 3.78. The second-order valence-electron chi connectivity index (χ2n) is 8.80. The Labute approximate surface area is 210 Å². The molecule has 34 heavy (non-hydrogen) atoms. The van der Waals surface area contributed by atoms with E-state index in [0.29, 0.717) is 5.75 Å². The van der Waals surface area contributed by atoms with Crippen LogP contribution in [0.2, 0.25) is 0 Å². The molecule has 5 heteroatoms. The van der Waals surface area contributed by atoms with Crippen molar-refractivity contribution >= 4 is 29.2 Å². The van der Waals surface area contributed by atoms with Gasteiger partial charge >= 0.3 is 5.97 Å². The summed E-state index contributed by atoms with van der Waals surface area (Å²) in [6, 6.07) is 28.0. The second-order valence-corrected chi connectivity index (χ2v) is 9.81. The number of hydrogen-bond acceptors (Lipinski definition) is 2. The van der Waals surface area contributed by atoms with Crippen molar-refractivity contribution in [2.45, 2.75) is 25.4 Å². The van der Waals surface area contributed by atoms with Gasteiger partial charge in [-0.05, 0) is 35.9 Å². The first-order valence-electron chi connectivity index (χ1n) is 10.9. The van der Waals surface area contributed by atoms with Gasteiger partial charge in [-0.2, -0.15) is 0 Å². The summed E-state index contributed by atoms with van der Waals surface area (Å²) in [7, 11) is 0. The lowest BCUT2D eigenvalue weighted by atomic mass is 9.77. The van der Waals surface area contributed by atoms with E-state index >= 15 is 0 Å². The van der Waals surface area contributed by atoms with Crippen molar-refractivity contribution in [1.82, 2.24) is 0 Å². The smallest absolute Gasteiger partial charge is 0.316 e. The van der Waals surface area contributed by atoms with Crippen molar-refractivity contribution < 1.29 is 14.6 Å². The van der Waals surface area contributed by atoms with Crippen LogP contribution < -0.4 is 4.74 Å². The van der Waals surface area contributed by atoms with Crippen molar-refractivity contribution in [3.05, 3.63) is 113 Å². The van der Waals surface area contributed by atoms with Crippen LogP contribution in [0.25, 0.3) is 0 Å². The highest BCUT2D eigenvalue weighted by Gasteiger charge is 2.91. The standard InChI is InChI=1S/C29H24Cl2O3/c1-27(2)28(20-25(30)31,34-23-16-10-5-11-17-23)29(27,26(32)33)24(22-14-8-4-9-15-22)19-18-21-12-6-3-7-13-21/h3-17,20,24H,1-2H3,(H,32,33). The van der Waals surface area contributed by atoms with Gasteiger partial charge in [-0.15, -0.1) is 0 Å². The highest BCUT2D eigenvalue weighted by Crippen LogP contribution is 2.79. The first-order valence-corrected chi connectivity index (χ1v) is 11.6. The van der Waals surface area contributed by atoms with Crippen LogP contribution in [0.15, 0.2) is 102 Å². The van der Waals surface area contributed by atoms with Gasteiger partial charge < -0.3 is 9.84 Å². The van der Waals surface area contributed by atoms with E-state index in [2.05, 4.69) is 11.8 Å². The number of carboxylic acid groups (broad SMARTS) is 1. The van der Waals surface area contributed by atoms with E-state index in [1.165, 1.54) is 6.08 Å². The molecule has 0 radical (unpaired) electrons. The predicted molar refractivity (Wildman–Crippen MR) is 136 cm³/mol.